The van der Waals surface area contributed by atoms with E-state index in [1.165, 1.54) is 30.5 Å². The summed E-state index contributed by atoms with van der Waals surface area (Å²) in [5, 5.41) is 22.2. The molecule has 1 amide bonds. The zero-order valence-electron chi connectivity index (χ0n) is 20.1. The molecular formula is C26H29BN2O6S2. The van der Waals surface area contributed by atoms with Crippen LogP contribution in [-0.4, -0.2) is 52.4 Å². The number of aromatic nitrogens is 1. The molecule has 1 unspecified atom stereocenters. The summed E-state index contributed by atoms with van der Waals surface area (Å²) in [6, 6.07) is 18.2. The van der Waals surface area contributed by atoms with Crippen molar-refractivity contribution in [3.05, 3.63) is 84.7 Å². The molecule has 1 aliphatic rings. The molecular weight excluding hydrogens is 511 g/mol. The maximum Gasteiger partial charge on any atom is 0.475 e. The van der Waals surface area contributed by atoms with Gasteiger partial charge in [0.15, 0.2) is 9.84 Å². The first kappa shape index (κ1) is 27.2. The Balaban J connectivity index is 1.52. The van der Waals surface area contributed by atoms with Gasteiger partial charge in [0.1, 0.15) is 0 Å². The Bertz CT molecular complexity index is 1320. The number of rotatable bonds is 12. The molecule has 194 valence electrons. The molecule has 3 atom stereocenters. The van der Waals surface area contributed by atoms with Crippen molar-refractivity contribution in [1.29, 1.82) is 0 Å². The summed E-state index contributed by atoms with van der Waals surface area (Å²) in [7, 11) is -7.13. The smallest absolute Gasteiger partial charge is 0.426 e. The van der Waals surface area contributed by atoms with Crippen molar-refractivity contribution in [1.82, 2.24) is 10.3 Å². The highest BCUT2D eigenvalue weighted by molar-refractivity contribution is 7.91. The Hall–Kier alpha value is -2.86. The second kappa shape index (κ2) is 12.1. The fourth-order valence-corrected chi connectivity index (χ4v) is 6.68. The number of benzene rings is 2. The number of amides is 1. The summed E-state index contributed by atoms with van der Waals surface area (Å²) >= 11 is 0. The number of pyridine rings is 1. The first-order valence-electron chi connectivity index (χ1n) is 12.1. The minimum absolute atomic E-state index is 0.0158. The van der Waals surface area contributed by atoms with Crippen molar-refractivity contribution < 1.29 is 27.5 Å². The largest absolute Gasteiger partial charge is 0.475 e. The zero-order valence-corrected chi connectivity index (χ0v) is 21.8. The summed E-state index contributed by atoms with van der Waals surface area (Å²) < 4.78 is 39.4. The SMILES string of the molecule is O=C(N[C@@H](CC1CC1)B(O)O)[C@H](Cc1ccccc1)CS(=O)(=O)c1ccc(S(=O)c2cccnc2)cc1. The average molecular weight is 540 g/mol. The first-order valence-corrected chi connectivity index (χ1v) is 14.9. The van der Waals surface area contributed by atoms with Crippen molar-refractivity contribution in [2.24, 2.45) is 11.8 Å². The molecule has 11 heteroatoms. The van der Waals surface area contributed by atoms with Crippen LogP contribution >= 0.6 is 0 Å². The van der Waals surface area contributed by atoms with E-state index < -0.39 is 51.3 Å². The molecule has 1 aromatic heterocycles. The Labute approximate surface area is 219 Å². The lowest BCUT2D eigenvalue weighted by molar-refractivity contribution is -0.124. The van der Waals surface area contributed by atoms with E-state index in [0.29, 0.717) is 22.1 Å². The third-order valence-electron chi connectivity index (χ3n) is 6.33. The highest BCUT2D eigenvalue weighted by Gasteiger charge is 2.35. The van der Waals surface area contributed by atoms with Gasteiger partial charge < -0.3 is 15.4 Å². The van der Waals surface area contributed by atoms with Gasteiger partial charge in [0.05, 0.1) is 38.2 Å². The number of hydrogen-bond donors (Lipinski definition) is 3. The molecule has 1 fully saturated rings. The number of carbonyl (C=O) groups is 1. The molecule has 2 aromatic carbocycles. The van der Waals surface area contributed by atoms with E-state index in [1.807, 2.05) is 30.3 Å². The Morgan fingerprint density at radius 1 is 1.03 bits per heavy atom. The Morgan fingerprint density at radius 3 is 2.32 bits per heavy atom. The summed E-state index contributed by atoms with van der Waals surface area (Å²) in [6.07, 6.45) is 5.63. The molecule has 0 radical (unpaired) electrons. The molecule has 0 aliphatic heterocycles. The number of nitrogens with zero attached hydrogens (tertiary/aromatic N) is 1. The standard InChI is InChI=1S/C26H29BN2O6S2/c30-26(29-25(27(31)32)16-20-8-9-20)21(15-19-5-2-1-3-6-19)18-37(34,35)24-12-10-22(11-13-24)36(33)23-7-4-14-28-17-23/h1-7,10-14,17,20-21,25,31-32H,8-9,15-16,18H2,(H,29,30)/t21-,25+,36?/m1/s1. The lowest BCUT2D eigenvalue weighted by Gasteiger charge is -2.22. The summed E-state index contributed by atoms with van der Waals surface area (Å²) in [5.41, 5.74) is 0.795. The highest BCUT2D eigenvalue weighted by Crippen LogP contribution is 2.33. The second-order valence-corrected chi connectivity index (χ2v) is 12.8. The van der Waals surface area contributed by atoms with Crippen LogP contribution in [0.15, 0.2) is 93.8 Å². The van der Waals surface area contributed by atoms with Crippen LogP contribution < -0.4 is 5.32 Å². The zero-order chi connectivity index (χ0) is 26.4. The summed E-state index contributed by atoms with van der Waals surface area (Å²) in [5.74, 6) is -2.48. The van der Waals surface area contributed by atoms with Gasteiger partial charge in [-0.2, -0.15) is 0 Å². The van der Waals surface area contributed by atoms with Gasteiger partial charge in [-0.05, 0) is 60.7 Å². The molecule has 37 heavy (non-hydrogen) atoms. The first-order chi connectivity index (χ1) is 17.7. The minimum Gasteiger partial charge on any atom is -0.426 e. The van der Waals surface area contributed by atoms with E-state index >= 15 is 0 Å². The molecule has 1 aliphatic carbocycles. The van der Waals surface area contributed by atoms with Crippen LogP contribution in [0.25, 0.3) is 0 Å². The van der Waals surface area contributed by atoms with E-state index in [-0.39, 0.29) is 11.3 Å². The van der Waals surface area contributed by atoms with Crippen molar-refractivity contribution in [2.75, 3.05) is 5.75 Å². The Kier molecular flexibility index (Phi) is 8.91. The van der Waals surface area contributed by atoms with Crippen molar-refractivity contribution in [3.63, 3.8) is 0 Å². The van der Waals surface area contributed by atoms with Gasteiger partial charge in [-0.1, -0.05) is 43.2 Å². The van der Waals surface area contributed by atoms with Crippen LogP contribution in [0.5, 0.6) is 0 Å². The maximum atomic E-state index is 13.3. The van der Waals surface area contributed by atoms with Crippen LogP contribution in [0.2, 0.25) is 0 Å². The average Bonchev–Trinajstić information content (AvgIpc) is 3.72. The quantitative estimate of drug-likeness (QED) is 0.300. The van der Waals surface area contributed by atoms with Gasteiger partial charge in [-0.15, -0.1) is 0 Å². The van der Waals surface area contributed by atoms with E-state index in [4.69, 9.17) is 0 Å². The molecule has 3 N–H and O–H groups in total. The number of sulfone groups is 1. The number of carbonyl (C=O) groups excluding carboxylic acids is 1. The molecule has 4 rings (SSSR count). The molecule has 1 saturated carbocycles. The Morgan fingerprint density at radius 2 is 1.73 bits per heavy atom. The lowest BCUT2D eigenvalue weighted by atomic mass is 9.76. The van der Waals surface area contributed by atoms with Crippen LogP contribution in [-0.2, 0) is 31.9 Å². The van der Waals surface area contributed by atoms with Crippen LogP contribution in [0.1, 0.15) is 24.8 Å². The van der Waals surface area contributed by atoms with Gasteiger partial charge >= 0.3 is 7.12 Å². The van der Waals surface area contributed by atoms with Crippen molar-refractivity contribution >= 4 is 33.7 Å². The van der Waals surface area contributed by atoms with Crippen molar-refractivity contribution in [3.8, 4) is 0 Å². The maximum absolute atomic E-state index is 13.3. The van der Waals surface area contributed by atoms with Crippen molar-refractivity contribution in [2.45, 2.75) is 46.3 Å². The molecule has 0 saturated heterocycles. The van der Waals surface area contributed by atoms with Gasteiger partial charge in [-0.3, -0.25) is 9.78 Å². The van der Waals surface area contributed by atoms with Gasteiger partial charge in [0, 0.05) is 17.3 Å². The van der Waals surface area contributed by atoms with E-state index in [0.717, 1.165) is 18.4 Å². The fourth-order valence-electron chi connectivity index (χ4n) is 4.12. The summed E-state index contributed by atoms with van der Waals surface area (Å²) in [4.78, 5) is 18.1. The monoisotopic (exact) mass is 540 g/mol. The predicted molar refractivity (Wildman–Crippen MR) is 141 cm³/mol. The third kappa shape index (κ3) is 7.58. The predicted octanol–water partition coefficient (Wildman–Crippen LogP) is 2.18. The van der Waals surface area contributed by atoms with Crippen LogP contribution in [0.4, 0.5) is 0 Å². The minimum atomic E-state index is -3.90. The molecule has 0 bridgehead atoms. The van der Waals surface area contributed by atoms with Gasteiger partial charge in [0.2, 0.25) is 5.91 Å². The lowest BCUT2D eigenvalue weighted by Crippen LogP contribution is -2.50. The van der Waals surface area contributed by atoms with E-state index in [2.05, 4.69) is 10.3 Å². The van der Waals surface area contributed by atoms with E-state index in [9.17, 15) is 27.5 Å². The number of hydrogen-bond acceptors (Lipinski definition) is 7. The number of nitrogens with one attached hydrogen (secondary N) is 1. The van der Waals surface area contributed by atoms with Gasteiger partial charge in [0.25, 0.3) is 0 Å². The fraction of sp³-hybridized carbons (Fsp3) is 0.308. The normalized spacial score (nSPS) is 15.9. The topological polar surface area (TPSA) is 134 Å². The molecule has 3 aromatic rings. The highest BCUT2D eigenvalue weighted by atomic mass is 32.2. The van der Waals surface area contributed by atoms with Crippen LogP contribution in [0.3, 0.4) is 0 Å². The van der Waals surface area contributed by atoms with Gasteiger partial charge in [-0.25, -0.2) is 12.6 Å². The third-order valence-corrected chi connectivity index (χ3v) is 9.54. The molecule has 8 nitrogen and oxygen atoms in total. The summed E-state index contributed by atoms with van der Waals surface area (Å²) in [6.45, 7) is 0. The second-order valence-electron chi connectivity index (χ2n) is 9.30. The van der Waals surface area contributed by atoms with E-state index in [1.54, 1.807) is 18.3 Å². The molecule has 0 spiro atoms. The molecule has 1 heterocycles. The van der Waals surface area contributed by atoms with Crippen LogP contribution in [0, 0.1) is 11.8 Å².